The van der Waals surface area contributed by atoms with E-state index in [9.17, 15) is 4.39 Å². The number of hydrogen-bond donors (Lipinski definition) is 1. The van der Waals surface area contributed by atoms with Crippen molar-refractivity contribution < 1.29 is 13.9 Å². The van der Waals surface area contributed by atoms with Crippen LogP contribution >= 0.6 is 0 Å². The van der Waals surface area contributed by atoms with Gasteiger partial charge in [-0.15, -0.1) is 0 Å². The predicted octanol–water partition coefficient (Wildman–Crippen LogP) is 2.04. The first kappa shape index (κ1) is 10.2. The lowest BCUT2D eigenvalue weighted by molar-refractivity contribution is 0.195. The summed E-state index contributed by atoms with van der Waals surface area (Å²) in [4.78, 5) is 0. The average molecular weight is 211 g/mol. The highest BCUT2D eigenvalue weighted by molar-refractivity contribution is 5.57. The van der Waals surface area contributed by atoms with Crippen LogP contribution in [-0.2, 0) is 4.74 Å². The van der Waals surface area contributed by atoms with Crippen LogP contribution in [0, 0.1) is 5.82 Å². The van der Waals surface area contributed by atoms with Crippen molar-refractivity contribution in [3.05, 3.63) is 24.0 Å². The standard InChI is InChI=1S/C11H14FNO2/c1-14-11-3-2-8(12)6-10(11)13-9-4-5-15-7-9/h2-3,6,9,13H,4-5,7H2,1H3. The van der Waals surface area contributed by atoms with Crippen molar-refractivity contribution in [3.63, 3.8) is 0 Å². The lowest BCUT2D eigenvalue weighted by Crippen LogP contribution is -2.19. The Balaban J connectivity index is 2.14. The van der Waals surface area contributed by atoms with Crippen molar-refractivity contribution in [3.8, 4) is 5.75 Å². The monoisotopic (exact) mass is 211 g/mol. The van der Waals surface area contributed by atoms with Gasteiger partial charge < -0.3 is 14.8 Å². The molecule has 0 spiro atoms. The van der Waals surface area contributed by atoms with Gasteiger partial charge in [0.15, 0.2) is 0 Å². The fourth-order valence-electron chi connectivity index (χ4n) is 1.66. The summed E-state index contributed by atoms with van der Waals surface area (Å²) in [7, 11) is 1.57. The number of ether oxygens (including phenoxy) is 2. The van der Waals surface area contributed by atoms with Crippen LogP contribution in [0.15, 0.2) is 18.2 Å². The Morgan fingerprint density at radius 1 is 1.53 bits per heavy atom. The first-order valence-electron chi connectivity index (χ1n) is 4.97. The highest BCUT2D eigenvalue weighted by atomic mass is 19.1. The molecule has 4 heteroatoms. The minimum Gasteiger partial charge on any atom is -0.495 e. The van der Waals surface area contributed by atoms with Gasteiger partial charge in [0.25, 0.3) is 0 Å². The molecule has 1 N–H and O–H groups in total. The lowest BCUT2D eigenvalue weighted by Gasteiger charge is -2.15. The number of hydrogen-bond acceptors (Lipinski definition) is 3. The second kappa shape index (κ2) is 4.49. The fraction of sp³-hybridized carbons (Fsp3) is 0.455. The van der Waals surface area contributed by atoms with E-state index in [4.69, 9.17) is 9.47 Å². The minimum absolute atomic E-state index is 0.251. The van der Waals surface area contributed by atoms with Gasteiger partial charge in [-0.1, -0.05) is 0 Å². The SMILES string of the molecule is COc1ccc(F)cc1NC1CCOC1. The summed E-state index contributed by atoms with van der Waals surface area (Å²) >= 11 is 0. The maximum Gasteiger partial charge on any atom is 0.142 e. The molecule has 1 aliphatic rings. The molecule has 0 bridgehead atoms. The van der Waals surface area contributed by atoms with Crippen LogP contribution in [0.1, 0.15) is 6.42 Å². The summed E-state index contributed by atoms with van der Waals surface area (Å²) in [6.07, 6.45) is 0.944. The number of anilines is 1. The van der Waals surface area contributed by atoms with E-state index < -0.39 is 0 Å². The van der Waals surface area contributed by atoms with Crippen LogP contribution in [0.3, 0.4) is 0 Å². The third-order valence-corrected chi connectivity index (χ3v) is 2.45. The van der Waals surface area contributed by atoms with Crippen LogP contribution in [0.25, 0.3) is 0 Å². The predicted molar refractivity (Wildman–Crippen MR) is 55.8 cm³/mol. The Labute approximate surface area is 88.2 Å². The highest BCUT2D eigenvalue weighted by Crippen LogP contribution is 2.26. The molecule has 0 aliphatic carbocycles. The van der Waals surface area contributed by atoms with E-state index in [-0.39, 0.29) is 11.9 Å². The maximum absolute atomic E-state index is 13.0. The van der Waals surface area contributed by atoms with Gasteiger partial charge in [-0.2, -0.15) is 0 Å². The van der Waals surface area contributed by atoms with Gasteiger partial charge >= 0.3 is 0 Å². The van der Waals surface area contributed by atoms with Gasteiger partial charge in [0, 0.05) is 12.7 Å². The van der Waals surface area contributed by atoms with Crippen molar-refractivity contribution in [2.45, 2.75) is 12.5 Å². The lowest BCUT2D eigenvalue weighted by atomic mass is 10.2. The average Bonchev–Trinajstić information content (AvgIpc) is 2.71. The molecule has 1 saturated heterocycles. The first-order chi connectivity index (χ1) is 7.29. The molecule has 0 radical (unpaired) electrons. The van der Waals surface area contributed by atoms with Crippen LogP contribution in [0.5, 0.6) is 5.75 Å². The summed E-state index contributed by atoms with van der Waals surface area (Å²) in [5.41, 5.74) is 0.688. The second-order valence-corrected chi connectivity index (χ2v) is 3.55. The van der Waals surface area contributed by atoms with Gasteiger partial charge in [0.1, 0.15) is 11.6 Å². The Morgan fingerprint density at radius 3 is 3.07 bits per heavy atom. The molecule has 1 aromatic rings. The van der Waals surface area contributed by atoms with Crippen molar-refractivity contribution in [2.24, 2.45) is 0 Å². The summed E-state index contributed by atoms with van der Waals surface area (Å²) < 4.78 is 23.4. The zero-order valence-electron chi connectivity index (χ0n) is 8.63. The van der Waals surface area contributed by atoms with E-state index in [1.165, 1.54) is 12.1 Å². The molecule has 1 fully saturated rings. The quantitative estimate of drug-likeness (QED) is 0.829. The number of methoxy groups -OCH3 is 1. The number of benzene rings is 1. The van der Waals surface area contributed by atoms with Crippen LogP contribution in [-0.4, -0.2) is 26.4 Å². The summed E-state index contributed by atoms with van der Waals surface area (Å²) in [6, 6.07) is 4.69. The summed E-state index contributed by atoms with van der Waals surface area (Å²) in [5.74, 6) is 0.389. The van der Waals surface area contributed by atoms with Gasteiger partial charge in [-0.05, 0) is 18.6 Å². The normalized spacial score (nSPS) is 20.3. The van der Waals surface area contributed by atoms with Crippen molar-refractivity contribution in [1.29, 1.82) is 0 Å². The Bertz CT molecular complexity index is 337. The van der Waals surface area contributed by atoms with Crippen molar-refractivity contribution in [1.82, 2.24) is 0 Å². The number of nitrogens with one attached hydrogen (secondary N) is 1. The molecular weight excluding hydrogens is 197 g/mol. The van der Waals surface area contributed by atoms with Crippen LogP contribution in [0.2, 0.25) is 0 Å². The highest BCUT2D eigenvalue weighted by Gasteiger charge is 2.16. The maximum atomic E-state index is 13.0. The van der Waals surface area contributed by atoms with E-state index in [1.54, 1.807) is 13.2 Å². The van der Waals surface area contributed by atoms with Gasteiger partial charge in [0.2, 0.25) is 0 Å². The molecule has 2 rings (SSSR count). The summed E-state index contributed by atoms with van der Waals surface area (Å²) in [5, 5.41) is 3.21. The van der Waals surface area contributed by atoms with E-state index >= 15 is 0 Å². The third-order valence-electron chi connectivity index (χ3n) is 2.45. The van der Waals surface area contributed by atoms with E-state index in [1.807, 2.05) is 0 Å². The molecule has 1 aliphatic heterocycles. The van der Waals surface area contributed by atoms with E-state index in [0.717, 1.165) is 13.0 Å². The Morgan fingerprint density at radius 2 is 2.40 bits per heavy atom. The summed E-state index contributed by atoms with van der Waals surface area (Å²) in [6.45, 7) is 1.43. The van der Waals surface area contributed by atoms with Gasteiger partial charge in [-0.25, -0.2) is 4.39 Å². The minimum atomic E-state index is -0.266. The molecule has 1 heterocycles. The topological polar surface area (TPSA) is 30.5 Å². The van der Waals surface area contributed by atoms with E-state index in [2.05, 4.69) is 5.32 Å². The van der Waals surface area contributed by atoms with Crippen LogP contribution in [0.4, 0.5) is 10.1 Å². The number of halogens is 1. The van der Waals surface area contributed by atoms with Crippen molar-refractivity contribution >= 4 is 5.69 Å². The molecule has 82 valence electrons. The molecule has 0 amide bonds. The number of rotatable bonds is 3. The molecule has 1 atom stereocenters. The molecule has 1 unspecified atom stereocenters. The molecular formula is C11H14FNO2. The van der Waals surface area contributed by atoms with Gasteiger partial charge in [-0.3, -0.25) is 0 Å². The second-order valence-electron chi connectivity index (χ2n) is 3.55. The Kier molecular flexibility index (Phi) is 3.06. The molecule has 1 aromatic carbocycles. The third kappa shape index (κ3) is 2.39. The smallest absolute Gasteiger partial charge is 0.142 e. The van der Waals surface area contributed by atoms with E-state index in [0.29, 0.717) is 18.0 Å². The molecule has 3 nitrogen and oxygen atoms in total. The molecule has 15 heavy (non-hydrogen) atoms. The van der Waals surface area contributed by atoms with Crippen molar-refractivity contribution in [2.75, 3.05) is 25.6 Å². The molecule has 0 saturated carbocycles. The molecule has 0 aromatic heterocycles. The zero-order chi connectivity index (χ0) is 10.7. The van der Waals surface area contributed by atoms with Crippen LogP contribution < -0.4 is 10.1 Å². The Hall–Kier alpha value is -1.29. The zero-order valence-corrected chi connectivity index (χ0v) is 8.63. The fourth-order valence-corrected chi connectivity index (χ4v) is 1.66. The van der Waals surface area contributed by atoms with Gasteiger partial charge in [0.05, 0.1) is 25.4 Å². The largest absolute Gasteiger partial charge is 0.495 e. The first-order valence-corrected chi connectivity index (χ1v) is 4.97.